The minimum Gasteiger partial charge on any atom is -0.376 e. The molecular formula is C10H13N. The first-order valence-electron chi connectivity index (χ1n) is 3.99. The van der Waals surface area contributed by atoms with E-state index in [4.69, 9.17) is 0 Å². The van der Waals surface area contributed by atoms with Crippen molar-refractivity contribution in [2.75, 3.05) is 5.32 Å². The first kappa shape index (κ1) is 6.71. The zero-order valence-electron chi connectivity index (χ0n) is 7.23. The summed E-state index contributed by atoms with van der Waals surface area (Å²) in [5.74, 6) is 0. The van der Waals surface area contributed by atoms with E-state index in [0.717, 1.165) is 0 Å². The van der Waals surface area contributed by atoms with E-state index in [1.165, 1.54) is 16.8 Å². The molecule has 1 nitrogen and oxygen atoms in total. The number of hydrogen-bond acceptors (Lipinski definition) is 1. The van der Waals surface area contributed by atoms with Gasteiger partial charge in [0.1, 0.15) is 0 Å². The number of hydrogen-bond donors (Lipinski definition) is 1. The molecule has 1 heteroatoms. The largest absolute Gasteiger partial charge is 0.376 e. The van der Waals surface area contributed by atoms with Gasteiger partial charge in [0.05, 0.1) is 5.54 Å². The number of fused-ring (bicyclic) bond motifs is 2. The summed E-state index contributed by atoms with van der Waals surface area (Å²) in [6, 6.07) is 6.44. The predicted molar refractivity (Wildman–Crippen MR) is 47.8 cm³/mol. The molecule has 0 fully saturated rings. The third-order valence-electron chi connectivity index (χ3n) is 2.45. The maximum Gasteiger partial charge on any atom is 0.0572 e. The van der Waals surface area contributed by atoms with E-state index < -0.39 is 0 Å². The molecule has 1 aliphatic rings. The van der Waals surface area contributed by atoms with Crippen LogP contribution in [0.2, 0.25) is 0 Å². The molecule has 2 bridgehead atoms. The summed E-state index contributed by atoms with van der Waals surface area (Å²) in [6.45, 7) is 6.59. The van der Waals surface area contributed by atoms with Crippen LogP contribution in [-0.2, 0) is 5.54 Å². The number of anilines is 1. The Kier molecular flexibility index (Phi) is 1.09. The van der Waals surface area contributed by atoms with Crippen LogP contribution >= 0.6 is 0 Å². The molecule has 0 atom stereocenters. The molecule has 1 N–H and O–H groups in total. The smallest absolute Gasteiger partial charge is 0.0572 e. The molecule has 58 valence electrons. The van der Waals surface area contributed by atoms with Crippen LogP contribution in [0.15, 0.2) is 18.2 Å². The van der Waals surface area contributed by atoms with Crippen molar-refractivity contribution in [3.63, 3.8) is 0 Å². The molecule has 0 aliphatic carbocycles. The monoisotopic (exact) mass is 147 g/mol. The molecule has 0 spiro atoms. The Hall–Kier alpha value is -0.980. The Morgan fingerprint density at radius 2 is 2.00 bits per heavy atom. The van der Waals surface area contributed by atoms with E-state index >= 15 is 0 Å². The minimum absolute atomic E-state index is 0.142. The molecule has 2 rings (SSSR count). The third-order valence-corrected chi connectivity index (χ3v) is 2.45. The minimum atomic E-state index is 0.142. The van der Waals surface area contributed by atoms with E-state index in [1.807, 2.05) is 0 Å². The molecule has 11 heavy (non-hydrogen) atoms. The van der Waals surface area contributed by atoms with Gasteiger partial charge in [-0.2, -0.15) is 0 Å². The number of rotatable bonds is 0. The fraction of sp³-hybridized carbons (Fsp3) is 0.400. The van der Waals surface area contributed by atoms with Crippen molar-refractivity contribution < 1.29 is 0 Å². The summed E-state index contributed by atoms with van der Waals surface area (Å²) in [6.07, 6.45) is 0. The molecular weight excluding hydrogens is 134 g/mol. The lowest BCUT2D eigenvalue weighted by molar-refractivity contribution is 0.627. The summed E-state index contributed by atoms with van der Waals surface area (Å²) >= 11 is 0. The Labute approximate surface area is 67.4 Å². The first-order valence-corrected chi connectivity index (χ1v) is 3.99. The lowest BCUT2D eigenvalue weighted by Crippen LogP contribution is -2.22. The standard InChI is InChI=1S/C10H13N/c1-7-8-5-4-6-9(7)11-10(8,2)3/h4-6,11H,1-3H3. The van der Waals surface area contributed by atoms with E-state index in [-0.39, 0.29) is 5.54 Å². The van der Waals surface area contributed by atoms with Crippen molar-refractivity contribution in [3.05, 3.63) is 29.3 Å². The summed E-state index contributed by atoms with van der Waals surface area (Å²) in [5, 5.41) is 3.47. The molecule has 0 radical (unpaired) electrons. The Bertz CT molecular complexity index is 300. The second-order valence-corrected chi connectivity index (χ2v) is 3.73. The SMILES string of the molecule is Cc1c2cccc1C(C)(C)N2. The van der Waals surface area contributed by atoms with Crippen molar-refractivity contribution in [2.45, 2.75) is 26.3 Å². The summed E-state index contributed by atoms with van der Waals surface area (Å²) in [7, 11) is 0. The average molecular weight is 147 g/mol. The van der Waals surface area contributed by atoms with Gasteiger partial charge in [-0.1, -0.05) is 12.1 Å². The number of benzene rings is 1. The van der Waals surface area contributed by atoms with Gasteiger partial charge in [0.2, 0.25) is 0 Å². The lowest BCUT2D eigenvalue weighted by Gasteiger charge is -2.19. The highest BCUT2D eigenvalue weighted by Gasteiger charge is 2.29. The van der Waals surface area contributed by atoms with Gasteiger partial charge in [-0.05, 0) is 38.0 Å². The van der Waals surface area contributed by atoms with Crippen molar-refractivity contribution in [1.29, 1.82) is 0 Å². The molecule has 0 saturated heterocycles. The molecule has 1 aromatic carbocycles. The van der Waals surface area contributed by atoms with Crippen molar-refractivity contribution >= 4 is 5.69 Å². The first-order chi connectivity index (χ1) is 5.11. The highest BCUT2D eigenvalue weighted by molar-refractivity contribution is 5.64. The van der Waals surface area contributed by atoms with Gasteiger partial charge in [0.25, 0.3) is 0 Å². The fourth-order valence-electron chi connectivity index (χ4n) is 1.85. The maximum absolute atomic E-state index is 3.47. The second kappa shape index (κ2) is 1.79. The molecule has 0 saturated carbocycles. The third kappa shape index (κ3) is 0.770. The van der Waals surface area contributed by atoms with Gasteiger partial charge >= 0.3 is 0 Å². The topological polar surface area (TPSA) is 12.0 Å². The average Bonchev–Trinajstić information content (AvgIpc) is 2.11. The summed E-state index contributed by atoms with van der Waals surface area (Å²) in [4.78, 5) is 0. The summed E-state index contributed by atoms with van der Waals surface area (Å²) in [5.41, 5.74) is 4.25. The Balaban J connectivity index is 2.67. The number of nitrogens with one attached hydrogen (secondary N) is 1. The zero-order valence-corrected chi connectivity index (χ0v) is 7.23. The predicted octanol–water partition coefficient (Wildman–Crippen LogP) is 2.66. The van der Waals surface area contributed by atoms with Crippen molar-refractivity contribution in [3.8, 4) is 0 Å². The molecule has 1 heterocycles. The van der Waals surface area contributed by atoms with Crippen molar-refractivity contribution in [2.24, 2.45) is 0 Å². The quantitative estimate of drug-likeness (QED) is 0.595. The van der Waals surface area contributed by atoms with Gasteiger partial charge in [-0.25, -0.2) is 0 Å². The van der Waals surface area contributed by atoms with Crippen LogP contribution in [-0.4, -0.2) is 0 Å². The van der Waals surface area contributed by atoms with Gasteiger partial charge in [0, 0.05) is 5.69 Å². The van der Waals surface area contributed by atoms with Crippen LogP contribution in [0.1, 0.15) is 25.0 Å². The highest BCUT2D eigenvalue weighted by atomic mass is 15.0. The van der Waals surface area contributed by atoms with Gasteiger partial charge in [0.15, 0.2) is 0 Å². The van der Waals surface area contributed by atoms with Crippen LogP contribution in [0.3, 0.4) is 0 Å². The molecule has 0 amide bonds. The van der Waals surface area contributed by atoms with Crippen LogP contribution in [0.4, 0.5) is 5.69 Å². The van der Waals surface area contributed by atoms with Gasteiger partial charge < -0.3 is 5.32 Å². The van der Waals surface area contributed by atoms with E-state index in [2.05, 4.69) is 44.3 Å². The second-order valence-electron chi connectivity index (χ2n) is 3.73. The summed E-state index contributed by atoms with van der Waals surface area (Å²) < 4.78 is 0. The highest BCUT2D eigenvalue weighted by Crippen LogP contribution is 2.38. The molecule has 0 aromatic heterocycles. The molecule has 1 aromatic rings. The van der Waals surface area contributed by atoms with Crippen LogP contribution in [0, 0.1) is 6.92 Å². The Morgan fingerprint density at radius 1 is 1.27 bits per heavy atom. The van der Waals surface area contributed by atoms with E-state index in [9.17, 15) is 0 Å². The van der Waals surface area contributed by atoms with Crippen LogP contribution in [0.25, 0.3) is 0 Å². The van der Waals surface area contributed by atoms with Crippen molar-refractivity contribution in [1.82, 2.24) is 0 Å². The molecule has 1 aliphatic heterocycles. The van der Waals surface area contributed by atoms with Gasteiger partial charge in [-0.3, -0.25) is 0 Å². The van der Waals surface area contributed by atoms with E-state index in [1.54, 1.807) is 0 Å². The molecule has 0 unspecified atom stereocenters. The maximum atomic E-state index is 3.47. The fourth-order valence-corrected chi connectivity index (χ4v) is 1.85. The Morgan fingerprint density at radius 3 is 2.55 bits per heavy atom. The van der Waals surface area contributed by atoms with Crippen LogP contribution in [0.5, 0.6) is 0 Å². The van der Waals surface area contributed by atoms with E-state index in [0.29, 0.717) is 0 Å². The normalized spacial score (nSPS) is 18.1. The zero-order chi connectivity index (χ0) is 8.06. The lowest BCUT2D eigenvalue weighted by atomic mass is 9.95. The van der Waals surface area contributed by atoms with Gasteiger partial charge in [-0.15, -0.1) is 0 Å². The van der Waals surface area contributed by atoms with Crippen LogP contribution < -0.4 is 5.32 Å².